The number of piperazine rings is 1. The van der Waals surface area contributed by atoms with E-state index in [9.17, 15) is 0 Å². The molecule has 8 heteroatoms. The third-order valence-corrected chi connectivity index (χ3v) is 7.94. The summed E-state index contributed by atoms with van der Waals surface area (Å²) in [7, 11) is 0. The molecule has 3 aromatic heterocycles. The van der Waals surface area contributed by atoms with Crippen molar-refractivity contribution in [3.8, 4) is 11.3 Å². The molecule has 2 aliphatic rings. The lowest BCUT2D eigenvalue weighted by Crippen LogP contribution is -2.46. The topological polar surface area (TPSA) is 61.6 Å². The molecule has 0 spiro atoms. The van der Waals surface area contributed by atoms with Crippen molar-refractivity contribution in [1.29, 1.82) is 0 Å². The molecule has 0 atom stereocenters. The van der Waals surface area contributed by atoms with Crippen LogP contribution < -0.4 is 10.2 Å². The summed E-state index contributed by atoms with van der Waals surface area (Å²) >= 11 is 1.70. The maximum absolute atomic E-state index is 5.06. The summed E-state index contributed by atoms with van der Waals surface area (Å²) in [5.74, 6) is 1.04. The second-order valence-electron chi connectivity index (χ2n) is 9.46. The number of nitrogens with one attached hydrogen (secondary N) is 1. The van der Waals surface area contributed by atoms with Crippen LogP contribution in [0.5, 0.6) is 0 Å². The van der Waals surface area contributed by atoms with Crippen molar-refractivity contribution in [3.63, 3.8) is 0 Å². The molecule has 0 bridgehead atoms. The zero-order chi connectivity index (χ0) is 22.9. The minimum atomic E-state index is 0.504. The van der Waals surface area contributed by atoms with E-state index in [1.165, 1.54) is 31.2 Å². The summed E-state index contributed by atoms with van der Waals surface area (Å²) in [5, 5.41) is 9.92. The average Bonchev–Trinajstić information content (AvgIpc) is 3.59. The molecule has 4 heterocycles. The van der Waals surface area contributed by atoms with Gasteiger partial charge in [-0.15, -0.1) is 5.10 Å². The van der Waals surface area contributed by atoms with Crippen LogP contribution >= 0.6 is 11.3 Å². The van der Waals surface area contributed by atoms with Crippen molar-refractivity contribution in [2.24, 2.45) is 0 Å². The molecule has 0 unspecified atom stereocenters. The number of nitrogens with zero attached hydrogens (tertiary/aromatic N) is 6. The van der Waals surface area contributed by atoms with Gasteiger partial charge in [-0.1, -0.05) is 60.1 Å². The highest BCUT2D eigenvalue weighted by Crippen LogP contribution is 2.35. The van der Waals surface area contributed by atoms with E-state index in [4.69, 9.17) is 10.1 Å². The average molecular weight is 474 g/mol. The fourth-order valence-corrected chi connectivity index (χ4v) is 5.94. The highest BCUT2D eigenvalue weighted by molar-refractivity contribution is 7.20. The number of fused-ring (bicyclic) bond motifs is 1. The van der Waals surface area contributed by atoms with E-state index in [0.29, 0.717) is 6.04 Å². The molecular weight excluding hydrogens is 442 g/mol. The highest BCUT2D eigenvalue weighted by atomic mass is 32.1. The number of aromatic nitrogens is 4. The normalized spacial score (nSPS) is 17.6. The van der Waals surface area contributed by atoms with Gasteiger partial charge in [0.1, 0.15) is 5.69 Å². The van der Waals surface area contributed by atoms with Gasteiger partial charge < -0.3 is 10.2 Å². The molecule has 1 saturated carbocycles. The van der Waals surface area contributed by atoms with Gasteiger partial charge in [-0.2, -0.15) is 4.52 Å². The number of aryl methyl sites for hydroxylation is 1. The second-order valence-corrected chi connectivity index (χ2v) is 10.4. The first-order chi connectivity index (χ1) is 16.7. The van der Waals surface area contributed by atoms with Gasteiger partial charge in [-0.25, -0.2) is 4.98 Å². The van der Waals surface area contributed by atoms with Gasteiger partial charge in [0.05, 0.1) is 5.69 Å². The Morgan fingerprint density at radius 2 is 1.79 bits per heavy atom. The van der Waals surface area contributed by atoms with Gasteiger partial charge >= 0.3 is 0 Å². The maximum atomic E-state index is 5.06. The standard InChI is InChI=1S/C26H31N7S/c1-19-9-11-20(12-10-19)23-24(28-21-6-2-3-7-21)33-25(29-23)34-26(30-33)32-16-14-31(15-17-32)18-22-8-4-5-13-27-22/h4-5,8-13,21,28H,2-3,6-7,14-18H2,1H3. The Bertz CT molecular complexity index is 1230. The molecule has 176 valence electrons. The summed E-state index contributed by atoms with van der Waals surface area (Å²) in [5.41, 5.74) is 4.55. The van der Waals surface area contributed by atoms with E-state index < -0.39 is 0 Å². The minimum absolute atomic E-state index is 0.504. The fourth-order valence-electron chi connectivity index (χ4n) is 4.99. The summed E-state index contributed by atoms with van der Waals surface area (Å²) in [6.45, 7) is 7.00. The van der Waals surface area contributed by atoms with Crippen LogP contribution in [0.15, 0.2) is 48.7 Å². The van der Waals surface area contributed by atoms with Crippen LogP contribution in [-0.2, 0) is 6.54 Å². The molecule has 1 saturated heterocycles. The van der Waals surface area contributed by atoms with Gasteiger partial charge in [0.2, 0.25) is 10.1 Å². The van der Waals surface area contributed by atoms with Gasteiger partial charge in [0.15, 0.2) is 5.82 Å². The van der Waals surface area contributed by atoms with E-state index in [1.54, 1.807) is 11.3 Å². The first-order valence-corrected chi connectivity index (χ1v) is 13.1. The molecule has 6 rings (SSSR count). The van der Waals surface area contributed by atoms with E-state index in [-0.39, 0.29) is 0 Å². The molecule has 34 heavy (non-hydrogen) atoms. The SMILES string of the molecule is Cc1ccc(-c2nc3sc(N4CCN(Cc5ccccn5)CC4)nn3c2NC2CCCC2)cc1. The number of pyridine rings is 1. The van der Waals surface area contributed by atoms with Crippen LogP contribution in [0.25, 0.3) is 16.2 Å². The van der Waals surface area contributed by atoms with E-state index in [0.717, 1.165) is 65.6 Å². The molecule has 2 fully saturated rings. The van der Waals surface area contributed by atoms with Crippen molar-refractivity contribution in [3.05, 3.63) is 59.9 Å². The Hall–Kier alpha value is -2.97. The van der Waals surface area contributed by atoms with Crippen LogP contribution in [-0.4, -0.2) is 56.7 Å². The first kappa shape index (κ1) is 21.6. The number of benzene rings is 1. The van der Waals surface area contributed by atoms with Crippen LogP contribution in [0.4, 0.5) is 10.9 Å². The third kappa shape index (κ3) is 4.40. The first-order valence-electron chi connectivity index (χ1n) is 12.3. The number of imidazole rings is 1. The molecule has 1 aromatic carbocycles. The van der Waals surface area contributed by atoms with Crippen molar-refractivity contribution in [2.45, 2.75) is 45.2 Å². The smallest absolute Gasteiger partial charge is 0.216 e. The zero-order valence-electron chi connectivity index (χ0n) is 19.7. The second kappa shape index (κ2) is 9.35. The molecule has 1 N–H and O–H groups in total. The molecule has 0 radical (unpaired) electrons. The largest absolute Gasteiger partial charge is 0.365 e. The van der Waals surface area contributed by atoms with Crippen LogP contribution in [0.1, 0.15) is 36.9 Å². The number of hydrogen-bond donors (Lipinski definition) is 1. The monoisotopic (exact) mass is 473 g/mol. The highest BCUT2D eigenvalue weighted by Gasteiger charge is 2.25. The van der Waals surface area contributed by atoms with Crippen molar-refractivity contribution < 1.29 is 0 Å². The predicted molar refractivity (Wildman–Crippen MR) is 139 cm³/mol. The fraction of sp³-hybridized carbons (Fsp3) is 0.423. The van der Waals surface area contributed by atoms with Crippen molar-refractivity contribution in [2.75, 3.05) is 36.4 Å². The number of rotatable bonds is 6. The summed E-state index contributed by atoms with van der Waals surface area (Å²) in [4.78, 5) is 15.4. The van der Waals surface area contributed by atoms with Crippen LogP contribution in [0.2, 0.25) is 0 Å². The van der Waals surface area contributed by atoms with Crippen molar-refractivity contribution >= 4 is 27.2 Å². The maximum Gasteiger partial charge on any atom is 0.216 e. The minimum Gasteiger partial charge on any atom is -0.365 e. The molecule has 1 aliphatic heterocycles. The summed E-state index contributed by atoms with van der Waals surface area (Å²) in [6, 6.07) is 15.3. The van der Waals surface area contributed by atoms with E-state index in [2.05, 4.69) is 63.4 Å². The molecule has 7 nitrogen and oxygen atoms in total. The Labute approximate surface area is 204 Å². The summed E-state index contributed by atoms with van der Waals surface area (Å²) < 4.78 is 2.05. The van der Waals surface area contributed by atoms with Gasteiger partial charge in [0, 0.05) is 50.5 Å². The lowest BCUT2D eigenvalue weighted by atomic mass is 10.1. The Morgan fingerprint density at radius 3 is 2.53 bits per heavy atom. The van der Waals surface area contributed by atoms with E-state index >= 15 is 0 Å². The number of anilines is 2. The third-order valence-electron chi connectivity index (χ3n) is 6.97. The predicted octanol–water partition coefficient (Wildman–Crippen LogP) is 4.84. The Kier molecular flexibility index (Phi) is 5.93. The lowest BCUT2D eigenvalue weighted by Gasteiger charge is -2.34. The van der Waals surface area contributed by atoms with Gasteiger partial charge in [-0.3, -0.25) is 9.88 Å². The van der Waals surface area contributed by atoms with E-state index in [1.807, 2.05) is 16.8 Å². The molecule has 4 aromatic rings. The Morgan fingerprint density at radius 1 is 1.00 bits per heavy atom. The molecule has 0 amide bonds. The van der Waals surface area contributed by atoms with Gasteiger partial charge in [-0.05, 0) is 31.9 Å². The lowest BCUT2D eigenvalue weighted by molar-refractivity contribution is 0.247. The molecular formula is C26H31N7S. The molecule has 1 aliphatic carbocycles. The number of hydrogen-bond acceptors (Lipinski definition) is 7. The van der Waals surface area contributed by atoms with Crippen LogP contribution in [0.3, 0.4) is 0 Å². The van der Waals surface area contributed by atoms with Crippen LogP contribution in [0, 0.1) is 6.92 Å². The van der Waals surface area contributed by atoms with Crippen molar-refractivity contribution in [1.82, 2.24) is 24.5 Å². The Balaban J connectivity index is 1.23. The van der Waals surface area contributed by atoms with Gasteiger partial charge in [0.25, 0.3) is 0 Å². The quantitative estimate of drug-likeness (QED) is 0.432. The zero-order valence-corrected chi connectivity index (χ0v) is 20.5. The summed E-state index contributed by atoms with van der Waals surface area (Å²) in [6.07, 6.45) is 6.90.